The van der Waals surface area contributed by atoms with E-state index in [2.05, 4.69) is 13.8 Å². The Morgan fingerprint density at radius 2 is 0.839 bits per heavy atom. The van der Waals surface area contributed by atoms with Gasteiger partial charge in [-0.25, -0.2) is 0 Å². The molecule has 0 N–H and O–H groups in total. The van der Waals surface area contributed by atoms with E-state index in [1.165, 1.54) is 116 Å². The number of carbonyl (C=O) groups excluding carboxylic acids is 2. The maximum atomic E-state index is 12.3. The zero-order valence-corrected chi connectivity index (χ0v) is 21.4. The lowest BCUT2D eigenvalue weighted by molar-refractivity contribution is -0.121. The lowest BCUT2D eigenvalue weighted by atomic mass is 9.94. The van der Waals surface area contributed by atoms with Crippen molar-refractivity contribution < 1.29 is 9.59 Å². The summed E-state index contributed by atoms with van der Waals surface area (Å²) in [5.41, 5.74) is 0. The molecule has 0 saturated carbocycles. The minimum absolute atomic E-state index is 0.137. The molecule has 0 aliphatic heterocycles. The first-order valence-corrected chi connectivity index (χ1v) is 14.2. The van der Waals surface area contributed by atoms with Crippen LogP contribution in [0.5, 0.6) is 0 Å². The van der Waals surface area contributed by atoms with E-state index >= 15 is 0 Å². The van der Waals surface area contributed by atoms with Gasteiger partial charge in [-0.1, -0.05) is 149 Å². The summed E-state index contributed by atoms with van der Waals surface area (Å²) < 4.78 is 0. The van der Waals surface area contributed by atoms with Gasteiger partial charge < -0.3 is 0 Å². The first-order valence-electron chi connectivity index (χ1n) is 14.2. The van der Waals surface area contributed by atoms with Crippen LogP contribution in [0.25, 0.3) is 0 Å². The van der Waals surface area contributed by atoms with Gasteiger partial charge in [0.1, 0.15) is 5.78 Å². The van der Waals surface area contributed by atoms with Gasteiger partial charge in [0.05, 0.1) is 5.92 Å². The molecule has 0 rings (SSSR count). The molecule has 2 heteroatoms. The van der Waals surface area contributed by atoms with Gasteiger partial charge in [-0.05, 0) is 12.8 Å². The Balaban J connectivity index is 3.46. The predicted molar refractivity (Wildman–Crippen MR) is 136 cm³/mol. The summed E-state index contributed by atoms with van der Waals surface area (Å²) in [5.74, 6) is -0.320. The fourth-order valence-corrected chi connectivity index (χ4v) is 4.44. The summed E-state index contributed by atoms with van der Waals surface area (Å²) >= 11 is 0. The van der Waals surface area contributed by atoms with Gasteiger partial charge in [-0.15, -0.1) is 0 Å². The predicted octanol–water partition coefficient (Wildman–Crippen LogP) is 9.68. The van der Waals surface area contributed by atoms with Crippen LogP contribution in [0.1, 0.15) is 168 Å². The third-order valence-electron chi connectivity index (χ3n) is 6.65. The maximum Gasteiger partial charge on any atom is 0.209 e. The highest BCUT2D eigenvalue weighted by Crippen LogP contribution is 2.17. The Hall–Kier alpha value is -0.660. The van der Waals surface area contributed by atoms with Crippen molar-refractivity contribution in [1.82, 2.24) is 0 Å². The molecular weight excluding hydrogens is 380 g/mol. The number of unbranched alkanes of at least 4 members (excludes halogenated alkanes) is 20. The van der Waals surface area contributed by atoms with E-state index in [0.717, 1.165) is 32.1 Å². The monoisotopic (exact) mass is 435 g/mol. The molecule has 0 aromatic rings. The molecule has 0 aromatic heterocycles. The molecule has 0 bridgehead atoms. The first-order chi connectivity index (χ1) is 15.3. The lowest BCUT2D eigenvalue weighted by Crippen LogP contribution is -2.15. The van der Waals surface area contributed by atoms with Gasteiger partial charge in [-0.3, -0.25) is 9.59 Å². The Bertz CT molecular complexity index is 377. The van der Waals surface area contributed by atoms with Gasteiger partial charge in [0.2, 0.25) is 6.29 Å². The average molecular weight is 436 g/mol. The number of rotatable bonds is 26. The number of carbonyl (C=O) groups is 1. The van der Waals surface area contributed by atoms with E-state index in [0.29, 0.717) is 6.42 Å². The zero-order chi connectivity index (χ0) is 22.8. The van der Waals surface area contributed by atoms with Crippen molar-refractivity contribution in [3.05, 3.63) is 0 Å². The molecular formula is C29H55O2. The average Bonchev–Trinajstić information content (AvgIpc) is 2.78. The highest BCUT2D eigenvalue weighted by molar-refractivity contribution is 5.93. The quantitative estimate of drug-likeness (QED) is 0.100. The van der Waals surface area contributed by atoms with E-state index in [1.807, 2.05) is 6.29 Å². The number of hydrogen-bond acceptors (Lipinski definition) is 2. The van der Waals surface area contributed by atoms with Crippen molar-refractivity contribution >= 4 is 12.1 Å². The van der Waals surface area contributed by atoms with Crippen LogP contribution in [0.15, 0.2) is 0 Å². The maximum absolute atomic E-state index is 12.3. The summed E-state index contributed by atoms with van der Waals surface area (Å²) in [6, 6.07) is 0. The van der Waals surface area contributed by atoms with Gasteiger partial charge in [0.25, 0.3) is 0 Å². The zero-order valence-electron chi connectivity index (χ0n) is 21.4. The largest absolute Gasteiger partial charge is 0.299 e. The van der Waals surface area contributed by atoms with E-state index in [1.54, 1.807) is 0 Å². The van der Waals surface area contributed by atoms with Crippen molar-refractivity contribution in [3.8, 4) is 0 Å². The normalized spacial score (nSPS) is 12.2. The third-order valence-corrected chi connectivity index (χ3v) is 6.65. The molecule has 0 fully saturated rings. The highest BCUT2D eigenvalue weighted by Gasteiger charge is 2.17. The summed E-state index contributed by atoms with van der Waals surface area (Å²) in [6.45, 7) is 4.52. The van der Waals surface area contributed by atoms with E-state index < -0.39 is 5.92 Å². The third kappa shape index (κ3) is 22.3. The van der Waals surface area contributed by atoms with E-state index in [9.17, 15) is 9.59 Å². The van der Waals surface area contributed by atoms with Crippen molar-refractivity contribution in [3.63, 3.8) is 0 Å². The molecule has 0 aromatic carbocycles. The molecule has 0 heterocycles. The molecule has 31 heavy (non-hydrogen) atoms. The Kier molecular flexibility index (Phi) is 25.1. The summed E-state index contributed by atoms with van der Waals surface area (Å²) in [6.07, 6.45) is 31.8. The van der Waals surface area contributed by atoms with Gasteiger partial charge in [0, 0.05) is 6.42 Å². The summed E-state index contributed by atoms with van der Waals surface area (Å²) in [7, 11) is 0. The molecule has 0 saturated heterocycles. The van der Waals surface area contributed by atoms with Crippen LogP contribution in [0, 0.1) is 5.92 Å². The fraction of sp³-hybridized carbons (Fsp3) is 0.931. The standard InChI is InChI=1S/C29H55O2/c1-3-5-7-9-11-13-15-16-18-20-22-24-26-29(31)28(27-30)25-23-21-19-17-14-12-10-8-6-4-2/h28H,3-26H2,1-2H3. The first kappa shape index (κ1) is 30.3. The summed E-state index contributed by atoms with van der Waals surface area (Å²) in [4.78, 5) is 23.5. The number of hydrogen-bond donors (Lipinski definition) is 0. The minimum Gasteiger partial charge on any atom is -0.299 e. The number of Topliss-reactive ketones (excluding diaryl/α,β-unsaturated/α-hetero) is 1. The minimum atomic E-state index is -0.457. The Morgan fingerprint density at radius 1 is 0.516 bits per heavy atom. The molecule has 0 amide bonds. The molecule has 0 aliphatic rings. The Labute approximate surface area is 195 Å². The van der Waals surface area contributed by atoms with Crippen molar-refractivity contribution in [1.29, 1.82) is 0 Å². The van der Waals surface area contributed by atoms with Crippen LogP contribution in [0.3, 0.4) is 0 Å². The number of ketones is 1. The SMILES string of the molecule is CCCCCCCCCCCCCCC(=O)C([C]=O)CCCCCCCCCCCC. The van der Waals surface area contributed by atoms with Crippen LogP contribution in [0.4, 0.5) is 0 Å². The topological polar surface area (TPSA) is 34.1 Å². The van der Waals surface area contributed by atoms with E-state index in [4.69, 9.17) is 0 Å². The molecule has 0 aliphatic carbocycles. The Morgan fingerprint density at radius 3 is 1.19 bits per heavy atom. The fourth-order valence-electron chi connectivity index (χ4n) is 4.44. The van der Waals surface area contributed by atoms with Gasteiger partial charge >= 0.3 is 0 Å². The highest BCUT2D eigenvalue weighted by atomic mass is 16.1. The van der Waals surface area contributed by atoms with Gasteiger partial charge in [0.15, 0.2) is 0 Å². The second-order valence-corrected chi connectivity index (χ2v) is 9.75. The van der Waals surface area contributed by atoms with Gasteiger partial charge in [-0.2, -0.15) is 0 Å². The van der Waals surface area contributed by atoms with Crippen molar-refractivity contribution in [2.45, 2.75) is 168 Å². The molecule has 183 valence electrons. The van der Waals surface area contributed by atoms with Crippen LogP contribution in [-0.2, 0) is 9.59 Å². The molecule has 1 atom stereocenters. The second kappa shape index (κ2) is 25.6. The molecule has 1 unspecified atom stereocenters. The van der Waals surface area contributed by atoms with Crippen LogP contribution in [-0.4, -0.2) is 12.1 Å². The van der Waals surface area contributed by atoms with Crippen molar-refractivity contribution in [2.24, 2.45) is 5.92 Å². The van der Waals surface area contributed by atoms with E-state index in [-0.39, 0.29) is 5.78 Å². The second-order valence-electron chi connectivity index (χ2n) is 9.75. The molecule has 1 radical (unpaired) electrons. The van der Waals surface area contributed by atoms with Crippen LogP contribution < -0.4 is 0 Å². The molecule has 0 spiro atoms. The smallest absolute Gasteiger partial charge is 0.209 e. The van der Waals surface area contributed by atoms with Crippen LogP contribution >= 0.6 is 0 Å². The molecule has 2 nitrogen and oxygen atoms in total. The van der Waals surface area contributed by atoms with Crippen molar-refractivity contribution in [2.75, 3.05) is 0 Å². The van der Waals surface area contributed by atoms with Crippen LogP contribution in [0.2, 0.25) is 0 Å². The lowest BCUT2D eigenvalue weighted by Gasteiger charge is -2.09. The summed E-state index contributed by atoms with van der Waals surface area (Å²) in [5, 5.41) is 0.